The van der Waals surface area contributed by atoms with Gasteiger partial charge in [0.2, 0.25) is 5.91 Å². The van der Waals surface area contributed by atoms with Gasteiger partial charge in [0.05, 0.1) is 28.9 Å². The van der Waals surface area contributed by atoms with Crippen LogP contribution >= 0.6 is 23.5 Å². The summed E-state index contributed by atoms with van der Waals surface area (Å²) in [5, 5.41) is 11.3. The molecule has 0 radical (unpaired) electrons. The lowest BCUT2D eigenvalue weighted by molar-refractivity contribution is -0.118. The fraction of sp³-hybridized carbons (Fsp3) is 0.667. The Morgan fingerprint density at radius 3 is 3.00 bits per heavy atom. The van der Waals surface area contributed by atoms with Crippen LogP contribution in [0.3, 0.4) is 0 Å². The summed E-state index contributed by atoms with van der Waals surface area (Å²) < 4.78 is 8.20. The molecule has 0 aliphatic carbocycles. The summed E-state index contributed by atoms with van der Waals surface area (Å²) in [6.45, 7) is 2.56. The molecule has 1 aromatic rings. The zero-order chi connectivity index (χ0) is 11.8. The fourth-order valence-electron chi connectivity index (χ4n) is 0.979. The number of thioether (sulfide) groups is 1. The second kappa shape index (κ2) is 7.59. The number of aromatic nitrogens is 2. The third-order valence-corrected chi connectivity index (χ3v) is 3.48. The van der Waals surface area contributed by atoms with Crippen LogP contribution in [0, 0.1) is 6.92 Å². The number of hydrogen-bond donors (Lipinski definition) is 2. The Labute approximate surface area is 103 Å². The van der Waals surface area contributed by atoms with Gasteiger partial charge in [0.25, 0.3) is 0 Å². The first-order valence-corrected chi connectivity index (χ1v) is 6.86. The van der Waals surface area contributed by atoms with E-state index in [0.29, 0.717) is 18.7 Å². The lowest BCUT2D eigenvalue weighted by Crippen LogP contribution is -2.26. The van der Waals surface area contributed by atoms with Gasteiger partial charge in [0, 0.05) is 18.9 Å². The molecular weight excluding hydrogens is 246 g/mol. The van der Waals surface area contributed by atoms with E-state index in [9.17, 15) is 4.79 Å². The molecule has 1 heterocycles. The first-order chi connectivity index (χ1) is 7.74. The van der Waals surface area contributed by atoms with Gasteiger partial charge < -0.3 is 10.4 Å². The number of carbonyl (C=O) groups is 1. The summed E-state index contributed by atoms with van der Waals surface area (Å²) in [5.74, 6) is 1.14. The van der Waals surface area contributed by atoms with Crippen LogP contribution in [0.25, 0.3) is 0 Å². The molecule has 90 valence electrons. The van der Waals surface area contributed by atoms with Crippen LogP contribution in [0.4, 0.5) is 0 Å². The van der Waals surface area contributed by atoms with Crippen molar-refractivity contribution in [2.75, 3.05) is 18.9 Å². The maximum atomic E-state index is 11.3. The van der Waals surface area contributed by atoms with Crippen LogP contribution in [0.5, 0.6) is 0 Å². The van der Waals surface area contributed by atoms with E-state index in [1.807, 2.05) is 6.92 Å². The number of aliphatic hydroxyl groups excluding tert-OH is 1. The number of aliphatic hydroxyl groups is 1. The molecule has 1 rings (SSSR count). The molecule has 5 nitrogen and oxygen atoms in total. The van der Waals surface area contributed by atoms with Crippen LogP contribution < -0.4 is 5.32 Å². The van der Waals surface area contributed by atoms with Gasteiger partial charge in [-0.25, -0.2) is 0 Å². The van der Waals surface area contributed by atoms with Crippen molar-refractivity contribution in [1.82, 2.24) is 14.1 Å². The summed E-state index contributed by atoms with van der Waals surface area (Å²) >= 11 is 2.72. The van der Waals surface area contributed by atoms with Crippen molar-refractivity contribution in [3.8, 4) is 0 Å². The molecule has 2 N–H and O–H groups in total. The molecule has 0 aromatic carbocycles. The van der Waals surface area contributed by atoms with E-state index < -0.39 is 0 Å². The predicted octanol–water partition coefficient (Wildman–Crippen LogP) is 0.578. The minimum atomic E-state index is -0.000656. The smallest absolute Gasteiger partial charge is 0.230 e. The SMILES string of the molecule is Cc1nsnc1CSCC(=O)NCCCO. The van der Waals surface area contributed by atoms with Crippen molar-refractivity contribution in [2.45, 2.75) is 19.1 Å². The normalized spacial score (nSPS) is 10.4. The van der Waals surface area contributed by atoms with E-state index in [1.54, 1.807) is 0 Å². The number of carbonyl (C=O) groups excluding carboxylic acids is 1. The molecule has 1 aromatic heterocycles. The van der Waals surface area contributed by atoms with Crippen molar-refractivity contribution < 1.29 is 9.90 Å². The van der Waals surface area contributed by atoms with Gasteiger partial charge >= 0.3 is 0 Å². The van der Waals surface area contributed by atoms with E-state index >= 15 is 0 Å². The standard InChI is InChI=1S/C9H15N3O2S2/c1-7-8(12-16-11-7)5-15-6-9(14)10-3-2-4-13/h13H,2-6H2,1H3,(H,10,14). The van der Waals surface area contributed by atoms with Gasteiger partial charge in [-0.2, -0.15) is 8.75 Å². The molecule has 0 spiro atoms. The Bertz CT molecular complexity index is 330. The molecule has 16 heavy (non-hydrogen) atoms. The molecule has 1 amide bonds. The predicted molar refractivity (Wildman–Crippen MR) is 65.5 cm³/mol. The minimum absolute atomic E-state index is 0.000656. The van der Waals surface area contributed by atoms with Crippen LogP contribution in [0.1, 0.15) is 17.8 Å². The molecular formula is C9H15N3O2S2. The molecule has 0 atom stereocenters. The van der Waals surface area contributed by atoms with Crippen molar-refractivity contribution >= 4 is 29.4 Å². The topological polar surface area (TPSA) is 75.1 Å². The van der Waals surface area contributed by atoms with Gasteiger partial charge in [0.1, 0.15) is 0 Å². The minimum Gasteiger partial charge on any atom is -0.396 e. The zero-order valence-electron chi connectivity index (χ0n) is 9.10. The van der Waals surface area contributed by atoms with Gasteiger partial charge in [-0.1, -0.05) is 0 Å². The molecule has 0 saturated heterocycles. The summed E-state index contributed by atoms with van der Waals surface area (Å²) in [4.78, 5) is 11.3. The third-order valence-electron chi connectivity index (χ3n) is 1.88. The van der Waals surface area contributed by atoms with Gasteiger partial charge in [-0.15, -0.1) is 11.8 Å². The third kappa shape index (κ3) is 4.91. The molecule has 0 unspecified atom stereocenters. The average Bonchev–Trinajstić information content (AvgIpc) is 2.65. The maximum Gasteiger partial charge on any atom is 0.230 e. The quantitative estimate of drug-likeness (QED) is 0.702. The average molecular weight is 261 g/mol. The Morgan fingerprint density at radius 1 is 1.56 bits per heavy atom. The van der Waals surface area contributed by atoms with Crippen molar-refractivity contribution in [2.24, 2.45) is 0 Å². The maximum absolute atomic E-state index is 11.3. The van der Waals surface area contributed by atoms with Crippen LogP contribution in [-0.4, -0.2) is 38.7 Å². The van der Waals surface area contributed by atoms with Crippen LogP contribution in [0.15, 0.2) is 0 Å². The molecule has 0 bridgehead atoms. The van der Waals surface area contributed by atoms with E-state index in [1.165, 1.54) is 23.5 Å². The Hall–Kier alpha value is -0.660. The number of amides is 1. The van der Waals surface area contributed by atoms with Crippen LogP contribution in [-0.2, 0) is 10.5 Å². The largest absolute Gasteiger partial charge is 0.396 e. The first-order valence-electron chi connectivity index (χ1n) is 4.97. The second-order valence-electron chi connectivity index (χ2n) is 3.22. The van der Waals surface area contributed by atoms with Gasteiger partial charge in [0.15, 0.2) is 0 Å². The number of hydrogen-bond acceptors (Lipinski definition) is 6. The van der Waals surface area contributed by atoms with E-state index in [2.05, 4.69) is 14.1 Å². The number of nitrogens with zero attached hydrogens (tertiary/aromatic N) is 2. The summed E-state index contributed by atoms with van der Waals surface area (Å²) in [6, 6.07) is 0. The number of aryl methyl sites for hydroxylation is 1. The monoisotopic (exact) mass is 261 g/mol. The highest BCUT2D eigenvalue weighted by molar-refractivity contribution is 7.99. The van der Waals surface area contributed by atoms with Gasteiger partial charge in [-0.3, -0.25) is 4.79 Å². The zero-order valence-corrected chi connectivity index (χ0v) is 10.7. The molecule has 7 heteroatoms. The Morgan fingerprint density at radius 2 is 2.38 bits per heavy atom. The van der Waals surface area contributed by atoms with Gasteiger partial charge in [-0.05, 0) is 13.3 Å². The Balaban J connectivity index is 2.11. The van der Waals surface area contributed by atoms with E-state index in [0.717, 1.165) is 17.1 Å². The molecule has 0 fully saturated rings. The van der Waals surface area contributed by atoms with E-state index in [-0.39, 0.29) is 12.5 Å². The summed E-state index contributed by atoms with van der Waals surface area (Å²) in [5.41, 5.74) is 1.90. The lowest BCUT2D eigenvalue weighted by Gasteiger charge is -2.03. The molecule has 0 saturated carbocycles. The highest BCUT2D eigenvalue weighted by Gasteiger charge is 2.05. The van der Waals surface area contributed by atoms with Crippen molar-refractivity contribution in [1.29, 1.82) is 0 Å². The number of nitrogens with one attached hydrogen (secondary N) is 1. The molecule has 0 aliphatic rings. The molecule has 0 aliphatic heterocycles. The first kappa shape index (κ1) is 13.4. The van der Waals surface area contributed by atoms with Crippen molar-refractivity contribution in [3.63, 3.8) is 0 Å². The van der Waals surface area contributed by atoms with E-state index in [4.69, 9.17) is 5.11 Å². The van der Waals surface area contributed by atoms with Crippen LogP contribution in [0.2, 0.25) is 0 Å². The van der Waals surface area contributed by atoms with Crippen molar-refractivity contribution in [3.05, 3.63) is 11.4 Å². The highest BCUT2D eigenvalue weighted by Crippen LogP contribution is 2.13. The summed E-state index contributed by atoms with van der Waals surface area (Å²) in [7, 11) is 0. The fourth-order valence-corrected chi connectivity index (χ4v) is 2.48. The lowest BCUT2D eigenvalue weighted by atomic mass is 10.4. The highest BCUT2D eigenvalue weighted by atomic mass is 32.2. The second-order valence-corrected chi connectivity index (χ2v) is 4.73. The number of rotatable bonds is 7. The Kier molecular flexibility index (Phi) is 6.36. The summed E-state index contributed by atoms with van der Waals surface area (Å²) in [6.07, 6.45) is 0.603.